The van der Waals surface area contributed by atoms with Crippen molar-refractivity contribution in [1.29, 1.82) is 5.26 Å². The second-order valence-corrected chi connectivity index (χ2v) is 5.96. The molecule has 0 saturated heterocycles. The van der Waals surface area contributed by atoms with Crippen LogP contribution in [0.1, 0.15) is 17.0 Å². The number of pyridine rings is 1. The van der Waals surface area contributed by atoms with E-state index in [4.69, 9.17) is 4.74 Å². The van der Waals surface area contributed by atoms with Crippen molar-refractivity contribution in [2.45, 2.75) is 6.61 Å². The molecule has 5 heteroatoms. The summed E-state index contributed by atoms with van der Waals surface area (Å²) in [6.07, 6.45) is 5.29. The molecule has 0 spiro atoms. The van der Waals surface area contributed by atoms with Gasteiger partial charge in [-0.3, -0.25) is 4.98 Å². The van der Waals surface area contributed by atoms with Crippen molar-refractivity contribution >= 4 is 22.7 Å². The molecule has 5 nitrogen and oxygen atoms in total. The molecule has 0 unspecified atom stereocenters. The van der Waals surface area contributed by atoms with Crippen LogP contribution in [-0.2, 0) is 6.61 Å². The molecule has 2 aromatic heterocycles. The zero-order valence-corrected chi connectivity index (χ0v) is 14.5. The quantitative estimate of drug-likeness (QED) is 0.533. The number of hydrogen-bond donors (Lipinski definition) is 1. The Bertz CT molecular complexity index is 1110. The Balaban J connectivity index is 1.64. The number of para-hydroxylation sites is 3. The standard InChI is InChI=1S/C22H16N4O/c23-13-18(22-25-19-8-2-3-9-20(19)26-22)12-17-7-1-4-10-21(17)27-15-16-6-5-11-24-14-16/h1-12,14H,15H2,(H,25,26)/b18-12-. The van der Waals surface area contributed by atoms with Gasteiger partial charge >= 0.3 is 0 Å². The van der Waals surface area contributed by atoms with E-state index in [0.717, 1.165) is 22.2 Å². The molecule has 0 atom stereocenters. The molecule has 130 valence electrons. The number of hydrogen-bond acceptors (Lipinski definition) is 4. The van der Waals surface area contributed by atoms with Gasteiger partial charge in [0.2, 0.25) is 0 Å². The summed E-state index contributed by atoms with van der Waals surface area (Å²) in [6, 6.07) is 21.4. The van der Waals surface area contributed by atoms with Crippen LogP contribution < -0.4 is 4.74 Å². The third-order valence-electron chi connectivity index (χ3n) is 4.10. The number of fused-ring (bicyclic) bond motifs is 1. The first-order chi connectivity index (χ1) is 13.3. The summed E-state index contributed by atoms with van der Waals surface area (Å²) in [7, 11) is 0. The zero-order valence-electron chi connectivity index (χ0n) is 14.5. The number of nitrogens with zero attached hydrogens (tertiary/aromatic N) is 3. The molecule has 4 aromatic rings. The van der Waals surface area contributed by atoms with E-state index in [1.54, 1.807) is 18.5 Å². The largest absolute Gasteiger partial charge is 0.488 e. The number of ether oxygens (including phenoxy) is 1. The van der Waals surface area contributed by atoms with Crippen LogP contribution in [-0.4, -0.2) is 15.0 Å². The molecular weight excluding hydrogens is 336 g/mol. The van der Waals surface area contributed by atoms with Gasteiger partial charge in [0.1, 0.15) is 24.3 Å². The number of H-pyrrole nitrogens is 1. The Labute approximate surface area is 156 Å². The molecule has 0 radical (unpaired) electrons. The van der Waals surface area contributed by atoms with Crippen LogP contribution >= 0.6 is 0 Å². The first kappa shape index (κ1) is 16.6. The maximum atomic E-state index is 9.64. The van der Waals surface area contributed by atoms with Gasteiger partial charge in [-0.2, -0.15) is 5.26 Å². The fourth-order valence-electron chi connectivity index (χ4n) is 2.77. The molecular formula is C22H16N4O. The highest BCUT2D eigenvalue weighted by Crippen LogP contribution is 2.25. The maximum Gasteiger partial charge on any atom is 0.149 e. The number of nitriles is 1. The van der Waals surface area contributed by atoms with Gasteiger partial charge in [-0.15, -0.1) is 0 Å². The normalized spacial score (nSPS) is 11.3. The van der Waals surface area contributed by atoms with E-state index in [1.165, 1.54) is 0 Å². The van der Waals surface area contributed by atoms with Crippen LogP contribution in [0.15, 0.2) is 73.1 Å². The molecule has 27 heavy (non-hydrogen) atoms. The van der Waals surface area contributed by atoms with Gasteiger partial charge in [-0.05, 0) is 30.3 Å². The van der Waals surface area contributed by atoms with Gasteiger partial charge in [0.05, 0.1) is 16.6 Å². The van der Waals surface area contributed by atoms with E-state index in [0.29, 0.717) is 23.8 Å². The highest BCUT2D eigenvalue weighted by Gasteiger charge is 2.09. The van der Waals surface area contributed by atoms with Gasteiger partial charge in [-0.25, -0.2) is 4.98 Å². The fourth-order valence-corrected chi connectivity index (χ4v) is 2.77. The Hall–Kier alpha value is -3.91. The predicted molar refractivity (Wildman–Crippen MR) is 105 cm³/mol. The second-order valence-electron chi connectivity index (χ2n) is 5.96. The van der Waals surface area contributed by atoms with Crippen molar-refractivity contribution in [3.63, 3.8) is 0 Å². The lowest BCUT2D eigenvalue weighted by molar-refractivity contribution is 0.305. The van der Waals surface area contributed by atoms with E-state index in [-0.39, 0.29) is 0 Å². The monoisotopic (exact) mass is 352 g/mol. The van der Waals surface area contributed by atoms with Crippen molar-refractivity contribution in [2.75, 3.05) is 0 Å². The number of aromatic amines is 1. The summed E-state index contributed by atoms with van der Waals surface area (Å²) >= 11 is 0. The molecule has 0 amide bonds. The summed E-state index contributed by atoms with van der Waals surface area (Å²) < 4.78 is 5.94. The first-order valence-electron chi connectivity index (χ1n) is 8.51. The zero-order chi connectivity index (χ0) is 18.5. The summed E-state index contributed by atoms with van der Waals surface area (Å²) in [5, 5.41) is 9.64. The number of imidazole rings is 1. The van der Waals surface area contributed by atoms with Crippen LogP contribution in [0, 0.1) is 11.3 Å². The van der Waals surface area contributed by atoms with Crippen LogP contribution in [0.3, 0.4) is 0 Å². The maximum absolute atomic E-state index is 9.64. The minimum Gasteiger partial charge on any atom is -0.488 e. The molecule has 4 rings (SSSR count). The highest BCUT2D eigenvalue weighted by molar-refractivity contribution is 5.91. The molecule has 1 N–H and O–H groups in total. The van der Waals surface area contributed by atoms with Gasteiger partial charge in [0.25, 0.3) is 0 Å². The fraction of sp³-hybridized carbons (Fsp3) is 0.0455. The molecule has 2 heterocycles. The number of rotatable bonds is 5. The van der Waals surface area contributed by atoms with Crippen molar-refractivity contribution in [3.8, 4) is 11.8 Å². The molecule has 2 aromatic carbocycles. The molecule has 0 bridgehead atoms. The molecule has 0 aliphatic heterocycles. The minimum atomic E-state index is 0.408. The predicted octanol–water partition coefficient (Wildman–Crippen LogP) is 4.60. The lowest BCUT2D eigenvalue weighted by atomic mass is 10.1. The van der Waals surface area contributed by atoms with E-state index in [9.17, 15) is 5.26 Å². The van der Waals surface area contributed by atoms with Gasteiger partial charge in [0, 0.05) is 23.5 Å². The molecule has 0 aliphatic rings. The summed E-state index contributed by atoms with van der Waals surface area (Å²) in [4.78, 5) is 11.8. The highest BCUT2D eigenvalue weighted by atomic mass is 16.5. The molecule has 0 fully saturated rings. The van der Waals surface area contributed by atoms with E-state index >= 15 is 0 Å². The van der Waals surface area contributed by atoms with Crippen LogP contribution in [0.2, 0.25) is 0 Å². The summed E-state index contributed by atoms with van der Waals surface area (Å²) in [5.41, 5.74) is 3.97. The SMILES string of the molecule is N#C/C(=C/c1ccccc1OCc1cccnc1)c1nc2ccccc2[nH]1. The Kier molecular flexibility index (Phi) is 4.62. The summed E-state index contributed by atoms with van der Waals surface area (Å²) in [5.74, 6) is 1.24. The average molecular weight is 352 g/mol. The van der Waals surface area contributed by atoms with Gasteiger partial charge < -0.3 is 9.72 Å². The topological polar surface area (TPSA) is 74.6 Å². The van der Waals surface area contributed by atoms with Crippen LogP contribution in [0.5, 0.6) is 5.75 Å². The number of benzene rings is 2. The number of nitrogens with one attached hydrogen (secondary N) is 1. The molecule has 0 aliphatic carbocycles. The van der Waals surface area contributed by atoms with Crippen molar-refractivity contribution < 1.29 is 4.74 Å². The average Bonchev–Trinajstić information content (AvgIpc) is 3.16. The molecule has 0 saturated carbocycles. The first-order valence-corrected chi connectivity index (χ1v) is 8.51. The smallest absolute Gasteiger partial charge is 0.149 e. The third kappa shape index (κ3) is 3.70. The van der Waals surface area contributed by atoms with Gasteiger partial charge in [-0.1, -0.05) is 36.4 Å². The van der Waals surface area contributed by atoms with E-state index in [2.05, 4.69) is 21.0 Å². The Morgan fingerprint density at radius 2 is 1.93 bits per heavy atom. The van der Waals surface area contributed by atoms with Crippen molar-refractivity contribution in [1.82, 2.24) is 15.0 Å². The van der Waals surface area contributed by atoms with Gasteiger partial charge in [0.15, 0.2) is 0 Å². The lowest BCUT2D eigenvalue weighted by Gasteiger charge is -2.09. The number of allylic oxidation sites excluding steroid dienone is 1. The second kappa shape index (κ2) is 7.54. The Morgan fingerprint density at radius 1 is 1.07 bits per heavy atom. The van der Waals surface area contributed by atoms with Crippen molar-refractivity contribution in [2.24, 2.45) is 0 Å². The Morgan fingerprint density at radius 3 is 2.74 bits per heavy atom. The van der Waals surface area contributed by atoms with Crippen LogP contribution in [0.4, 0.5) is 0 Å². The minimum absolute atomic E-state index is 0.408. The van der Waals surface area contributed by atoms with E-state index in [1.807, 2.05) is 60.7 Å². The number of aromatic nitrogens is 3. The summed E-state index contributed by atoms with van der Waals surface area (Å²) in [6.45, 7) is 0.408. The van der Waals surface area contributed by atoms with Crippen LogP contribution in [0.25, 0.3) is 22.7 Å². The van der Waals surface area contributed by atoms with Crippen molar-refractivity contribution in [3.05, 3.63) is 90.0 Å². The lowest BCUT2D eigenvalue weighted by Crippen LogP contribution is -1.97. The van der Waals surface area contributed by atoms with E-state index < -0.39 is 0 Å². The third-order valence-corrected chi connectivity index (χ3v) is 4.10.